The molecule has 0 unspecified atom stereocenters. The van der Waals surface area contributed by atoms with Crippen molar-refractivity contribution >= 4 is 12.1 Å². The monoisotopic (exact) mass is 348 g/mol. The van der Waals surface area contributed by atoms with Gasteiger partial charge in [-0.25, -0.2) is 5.43 Å². The molecule has 0 radical (unpaired) electrons. The van der Waals surface area contributed by atoms with E-state index in [9.17, 15) is 13.6 Å². The molecule has 2 aromatic rings. The Bertz CT molecular complexity index is 765. The van der Waals surface area contributed by atoms with E-state index in [2.05, 4.69) is 15.3 Å². The second-order valence-electron chi connectivity index (χ2n) is 5.05. The number of benzene rings is 2. The van der Waals surface area contributed by atoms with Gasteiger partial charge >= 0.3 is 6.61 Å². The van der Waals surface area contributed by atoms with Crippen molar-refractivity contribution in [2.75, 3.05) is 6.61 Å². The molecule has 3 rings (SSSR count). The van der Waals surface area contributed by atoms with E-state index in [-0.39, 0.29) is 12.4 Å². The molecule has 8 heteroatoms. The van der Waals surface area contributed by atoms with Crippen molar-refractivity contribution in [3.05, 3.63) is 54.1 Å². The molecule has 0 saturated heterocycles. The first-order chi connectivity index (χ1) is 12.1. The molecule has 130 valence electrons. The number of ether oxygens (including phenoxy) is 3. The van der Waals surface area contributed by atoms with E-state index >= 15 is 0 Å². The van der Waals surface area contributed by atoms with Crippen LogP contribution in [0.2, 0.25) is 0 Å². The van der Waals surface area contributed by atoms with Gasteiger partial charge in [-0.2, -0.15) is 13.9 Å². The minimum Gasteiger partial charge on any atom is -0.485 e. The number of nitrogens with one attached hydrogen (secondary N) is 1. The summed E-state index contributed by atoms with van der Waals surface area (Å²) in [5, 5.41) is 3.81. The molecular weight excluding hydrogens is 334 g/mol. The van der Waals surface area contributed by atoms with E-state index in [1.165, 1.54) is 30.5 Å². The summed E-state index contributed by atoms with van der Waals surface area (Å²) in [4.78, 5) is 12.0. The van der Waals surface area contributed by atoms with Crippen LogP contribution >= 0.6 is 0 Å². The van der Waals surface area contributed by atoms with Crippen molar-refractivity contribution in [1.29, 1.82) is 0 Å². The SMILES string of the molecule is O=C(N/N=C\c1ccc(OC(F)F)cc1)[C@@H]1COc2ccccc2O1. The van der Waals surface area contributed by atoms with Crippen LogP contribution in [0.15, 0.2) is 53.6 Å². The molecule has 1 amide bonds. The van der Waals surface area contributed by atoms with E-state index in [1.54, 1.807) is 18.2 Å². The molecule has 0 saturated carbocycles. The van der Waals surface area contributed by atoms with Gasteiger partial charge in [0.1, 0.15) is 12.4 Å². The van der Waals surface area contributed by atoms with Crippen molar-refractivity contribution in [3.63, 3.8) is 0 Å². The lowest BCUT2D eigenvalue weighted by molar-refractivity contribution is -0.130. The van der Waals surface area contributed by atoms with Crippen LogP contribution in [0.5, 0.6) is 17.2 Å². The zero-order valence-corrected chi connectivity index (χ0v) is 12.9. The number of hydrogen-bond donors (Lipinski definition) is 1. The minimum absolute atomic E-state index is 0.0441. The summed E-state index contributed by atoms with van der Waals surface area (Å²) in [6.07, 6.45) is 0.565. The van der Waals surface area contributed by atoms with Crippen LogP contribution in [0.3, 0.4) is 0 Å². The van der Waals surface area contributed by atoms with Crippen LogP contribution in [-0.4, -0.2) is 31.4 Å². The van der Waals surface area contributed by atoms with Crippen LogP contribution in [0.25, 0.3) is 0 Å². The number of rotatable bonds is 5. The minimum atomic E-state index is -2.87. The van der Waals surface area contributed by atoms with Crippen molar-refractivity contribution in [1.82, 2.24) is 5.43 Å². The Morgan fingerprint density at radius 2 is 1.92 bits per heavy atom. The standard InChI is InChI=1S/C17H14F2N2O4/c18-17(19)24-12-7-5-11(6-8-12)9-20-21-16(22)15-10-23-13-3-1-2-4-14(13)25-15/h1-9,15,17H,10H2,(H,21,22)/b20-9-/t15-/m0/s1. The summed E-state index contributed by atoms with van der Waals surface area (Å²) in [5.41, 5.74) is 2.96. The second kappa shape index (κ2) is 7.61. The summed E-state index contributed by atoms with van der Waals surface area (Å²) < 4.78 is 39.4. The van der Waals surface area contributed by atoms with Gasteiger partial charge in [-0.1, -0.05) is 12.1 Å². The lowest BCUT2D eigenvalue weighted by Crippen LogP contribution is -2.42. The Labute approximate surface area is 142 Å². The van der Waals surface area contributed by atoms with Gasteiger partial charge in [0.15, 0.2) is 11.5 Å². The molecule has 0 aliphatic carbocycles. The number of amides is 1. The zero-order chi connectivity index (χ0) is 17.6. The number of hydrazone groups is 1. The van der Waals surface area contributed by atoms with Gasteiger partial charge in [-0.05, 0) is 42.0 Å². The van der Waals surface area contributed by atoms with Gasteiger partial charge in [-0.3, -0.25) is 4.79 Å². The summed E-state index contributed by atoms with van der Waals surface area (Å²) in [7, 11) is 0. The van der Waals surface area contributed by atoms with Crippen molar-refractivity contribution in [2.45, 2.75) is 12.7 Å². The molecule has 1 N–H and O–H groups in total. The number of carbonyl (C=O) groups is 1. The number of carbonyl (C=O) groups excluding carboxylic acids is 1. The van der Waals surface area contributed by atoms with Crippen LogP contribution < -0.4 is 19.6 Å². The normalized spacial score (nSPS) is 16.0. The van der Waals surface area contributed by atoms with Crippen molar-refractivity contribution in [3.8, 4) is 17.2 Å². The molecule has 0 fully saturated rings. The Balaban J connectivity index is 1.53. The Morgan fingerprint density at radius 3 is 2.64 bits per heavy atom. The lowest BCUT2D eigenvalue weighted by Gasteiger charge is -2.24. The fourth-order valence-electron chi connectivity index (χ4n) is 2.13. The Hall–Kier alpha value is -3.16. The molecule has 2 aromatic carbocycles. The van der Waals surface area contributed by atoms with Gasteiger partial charge in [0.05, 0.1) is 6.21 Å². The summed E-state index contributed by atoms with van der Waals surface area (Å²) in [5.74, 6) is 0.666. The molecule has 0 bridgehead atoms. The molecular formula is C17H14F2N2O4. The molecule has 6 nitrogen and oxygen atoms in total. The van der Waals surface area contributed by atoms with E-state index in [0.29, 0.717) is 17.1 Å². The highest BCUT2D eigenvalue weighted by Crippen LogP contribution is 2.30. The third-order valence-electron chi connectivity index (χ3n) is 3.29. The van der Waals surface area contributed by atoms with Gasteiger partial charge in [0, 0.05) is 0 Å². The van der Waals surface area contributed by atoms with Crippen molar-refractivity contribution < 1.29 is 27.8 Å². The molecule has 1 heterocycles. The Kier molecular flexibility index (Phi) is 5.08. The van der Waals surface area contributed by atoms with Crippen LogP contribution in [0.4, 0.5) is 8.78 Å². The second-order valence-corrected chi connectivity index (χ2v) is 5.05. The number of para-hydroxylation sites is 2. The summed E-state index contributed by atoms with van der Waals surface area (Å²) in [6, 6.07) is 12.9. The smallest absolute Gasteiger partial charge is 0.387 e. The average Bonchev–Trinajstić information content (AvgIpc) is 2.62. The third-order valence-corrected chi connectivity index (χ3v) is 3.29. The zero-order valence-electron chi connectivity index (χ0n) is 12.9. The van der Waals surface area contributed by atoms with Gasteiger partial charge in [0.2, 0.25) is 6.10 Å². The molecule has 1 aliphatic heterocycles. The first-order valence-corrected chi connectivity index (χ1v) is 7.38. The highest BCUT2D eigenvalue weighted by molar-refractivity contribution is 5.85. The summed E-state index contributed by atoms with van der Waals surface area (Å²) in [6.45, 7) is -2.79. The fourth-order valence-corrected chi connectivity index (χ4v) is 2.13. The first-order valence-electron chi connectivity index (χ1n) is 7.38. The number of nitrogens with zero attached hydrogens (tertiary/aromatic N) is 1. The molecule has 25 heavy (non-hydrogen) atoms. The van der Waals surface area contributed by atoms with Gasteiger partial charge in [0.25, 0.3) is 5.91 Å². The maximum atomic E-state index is 12.1. The summed E-state index contributed by atoms with van der Waals surface area (Å²) >= 11 is 0. The highest BCUT2D eigenvalue weighted by Gasteiger charge is 2.26. The quantitative estimate of drug-likeness (QED) is 0.666. The Morgan fingerprint density at radius 1 is 1.20 bits per heavy atom. The maximum Gasteiger partial charge on any atom is 0.387 e. The molecule has 1 aliphatic rings. The van der Waals surface area contributed by atoms with Crippen molar-refractivity contribution in [2.24, 2.45) is 5.10 Å². The van der Waals surface area contributed by atoms with E-state index in [1.807, 2.05) is 6.07 Å². The lowest BCUT2D eigenvalue weighted by atomic mass is 10.2. The number of fused-ring (bicyclic) bond motifs is 1. The first kappa shape index (κ1) is 16.7. The predicted octanol–water partition coefficient (Wildman–Crippen LogP) is 2.58. The average molecular weight is 348 g/mol. The maximum absolute atomic E-state index is 12.1. The van der Waals surface area contributed by atoms with Gasteiger partial charge < -0.3 is 14.2 Å². The fraction of sp³-hybridized carbons (Fsp3) is 0.176. The highest BCUT2D eigenvalue weighted by atomic mass is 19.3. The molecule has 0 spiro atoms. The van der Waals surface area contributed by atoms with Crippen LogP contribution in [-0.2, 0) is 4.79 Å². The molecule has 0 aromatic heterocycles. The third kappa shape index (κ3) is 4.43. The number of alkyl halides is 2. The predicted molar refractivity (Wildman–Crippen MR) is 85.2 cm³/mol. The number of halogens is 2. The van der Waals surface area contributed by atoms with Gasteiger partial charge in [-0.15, -0.1) is 0 Å². The molecule has 1 atom stereocenters. The van der Waals surface area contributed by atoms with E-state index < -0.39 is 18.6 Å². The van der Waals surface area contributed by atoms with E-state index in [4.69, 9.17) is 9.47 Å². The van der Waals surface area contributed by atoms with E-state index in [0.717, 1.165) is 0 Å². The van der Waals surface area contributed by atoms with Crippen LogP contribution in [0, 0.1) is 0 Å². The number of hydrogen-bond acceptors (Lipinski definition) is 5. The van der Waals surface area contributed by atoms with Crippen LogP contribution in [0.1, 0.15) is 5.56 Å². The topological polar surface area (TPSA) is 69.2 Å². The largest absolute Gasteiger partial charge is 0.485 e.